The molecule has 0 amide bonds. The van der Waals surface area contributed by atoms with Crippen molar-refractivity contribution < 1.29 is 14.6 Å². The first-order chi connectivity index (χ1) is 19.6. The number of benzene rings is 2. The van der Waals surface area contributed by atoms with Gasteiger partial charge < -0.3 is 29.5 Å². The molecule has 1 saturated heterocycles. The third-order valence-electron chi connectivity index (χ3n) is 7.45. The van der Waals surface area contributed by atoms with Gasteiger partial charge in [-0.3, -0.25) is 9.79 Å². The van der Waals surface area contributed by atoms with Gasteiger partial charge in [0.2, 0.25) is 0 Å². The van der Waals surface area contributed by atoms with Crippen LogP contribution in [-0.2, 0) is 16.1 Å². The molecule has 0 bridgehead atoms. The molecule has 1 aromatic heterocycles. The monoisotopic (exact) mass is 558 g/mol. The summed E-state index contributed by atoms with van der Waals surface area (Å²) in [7, 11) is 4.07. The average Bonchev–Trinajstić information content (AvgIpc) is 3.55. The van der Waals surface area contributed by atoms with Gasteiger partial charge in [-0.2, -0.15) is 0 Å². The van der Waals surface area contributed by atoms with Crippen molar-refractivity contribution in [1.29, 1.82) is 0 Å². The van der Waals surface area contributed by atoms with Gasteiger partial charge in [-0.1, -0.05) is 18.2 Å². The summed E-state index contributed by atoms with van der Waals surface area (Å²) in [4.78, 5) is 26.6. The van der Waals surface area contributed by atoms with Crippen molar-refractivity contribution in [2.45, 2.75) is 64.8 Å². The number of nitrogens with zero attached hydrogens (tertiary/aromatic N) is 5. The van der Waals surface area contributed by atoms with E-state index in [9.17, 15) is 9.90 Å². The van der Waals surface area contributed by atoms with E-state index >= 15 is 0 Å². The van der Waals surface area contributed by atoms with Crippen LogP contribution in [0.5, 0.6) is 0 Å². The zero-order valence-corrected chi connectivity index (χ0v) is 24.9. The second kappa shape index (κ2) is 12.0. The fourth-order valence-electron chi connectivity index (χ4n) is 5.31. The molecule has 41 heavy (non-hydrogen) atoms. The van der Waals surface area contributed by atoms with Crippen LogP contribution in [0.1, 0.15) is 57.8 Å². The fraction of sp³-hybridized carbons (Fsp3) is 0.469. The molecule has 1 atom stereocenters. The van der Waals surface area contributed by atoms with Crippen molar-refractivity contribution in [3.63, 3.8) is 0 Å². The van der Waals surface area contributed by atoms with Gasteiger partial charge in [0, 0.05) is 39.3 Å². The number of rotatable bonds is 9. The lowest BCUT2D eigenvalue weighted by atomic mass is 10.1. The minimum atomic E-state index is -0.968. The molecule has 3 aromatic rings. The molecule has 2 aliphatic rings. The maximum Gasteiger partial charge on any atom is 0.306 e. The number of fused-ring (bicyclic) bond motifs is 2. The number of imidazole rings is 1. The van der Waals surface area contributed by atoms with E-state index in [0.29, 0.717) is 12.1 Å². The molecule has 2 aromatic carbocycles. The van der Waals surface area contributed by atoms with Crippen LogP contribution in [0.2, 0.25) is 0 Å². The van der Waals surface area contributed by atoms with Crippen molar-refractivity contribution in [3.8, 4) is 0 Å². The highest BCUT2D eigenvalue weighted by Gasteiger charge is 2.24. The molecule has 9 heteroatoms. The van der Waals surface area contributed by atoms with E-state index in [4.69, 9.17) is 14.7 Å². The van der Waals surface area contributed by atoms with Crippen molar-refractivity contribution in [2.75, 3.05) is 43.9 Å². The van der Waals surface area contributed by atoms with Crippen LogP contribution in [0.4, 0.5) is 17.1 Å². The van der Waals surface area contributed by atoms with Crippen LogP contribution >= 0.6 is 0 Å². The number of nitrogens with one attached hydrogen (secondary N) is 1. The summed E-state index contributed by atoms with van der Waals surface area (Å²) in [5, 5.41) is 13.9. The Bertz CT molecular complexity index is 1440. The molecule has 9 nitrogen and oxygen atoms in total. The molecule has 5 rings (SSSR count). The Morgan fingerprint density at radius 1 is 1.12 bits per heavy atom. The number of esters is 1. The molecule has 0 spiro atoms. The Balaban J connectivity index is 1.44. The van der Waals surface area contributed by atoms with Gasteiger partial charge in [-0.05, 0) is 82.6 Å². The summed E-state index contributed by atoms with van der Waals surface area (Å²) in [6.07, 6.45) is 6.18. The van der Waals surface area contributed by atoms with E-state index < -0.39 is 11.8 Å². The maximum atomic E-state index is 12.3. The highest BCUT2D eigenvalue weighted by atomic mass is 16.6. The zero-order valence-electron chi connectivity index (χ0n) is 24.9. The molecule has 0 radical (unpaired) electrons. The van der Waals surface area contributed by atoms with Gasteiger partial charge in [-0.25, -0.2) is 4.98 Å². The second-order valence-electron chi connectivity index (χ2n) is 12.1. The average molecular weight is 559 g/mol. The third-order valence-corrected chi connectivity index (χ3v) is 7.45. The number of aliphatic imine (C=N–C) groups is 1. The van der Waals surface area contributed by atoms with Gasteiger partial charge >= 0.3 is 5.97 Å². The first-order valence-electron chi connectivity index (χ1n) is 14.5. The lowest BCUT2D eigenvalue weighted by molar-refractivity contribution is -0.154. The van der Waals surface area contributed by atoms with Gasteiger partial charge in [0.15, 0.2) is 6.23 Å². The van der Waals surface area contributed by atoms with Gasteiger partial charge in [0.1, 0.15) is 11.4 Å². The number of ether oxygens (including phenoxy) is 1. The highest BCUT2D eigenvalue weighted by Crippen LogP contribution is 2.35. The molecular weight excluding hydrogens is 516 g/mol. The summed E-state index contributed by atoms with van der Waals surface area (Å²) in [5.41, 5.74) is 5.55. The molecule has 0 aliphatic carbocycles. The third kappa shape index (κ3) is 7.15. The van der Waals surface area contributed by atoms with E-state index in [1.54, 1.807) is 0 Å². The Morgan fingerprint density at radius 3 is 2.54 bits per heavy atom. The molecule has 218 valence electrons. The number of anilines is 2. The Kier molecular flexibility index (Phi) is 8.47. The largest absolute Gasteiger partial charge is 0.460 e. The van der Waals surface area contributed by atoms with Crippen molar-refractivity contribution in [2.24, 2.45) is 4.99 Å². The van der Waals surface area contributed by atoms with Crippen LogP contribution in [0.15, 0.2) is 41.4 Å². The number of carbonyl (C=O) groups is 1. The quantitative estimate of drug-likeness (QED) is 0.344. The number of carbonyl (C=O) groups excluding carboxylic acids is 1. The van der Waals surface area contributed by atoms with Crippen molar-refractivity contribution in [1.82, 2.24) is 14.5 Å². The first kappa shape index (κ1) is 28.8. The minimum Gasteiger partial charge on any atom is -0.460 e. The predicted molar refractivity (Wildman–Crippen MR) is 167 cm³/mol. The first-order valence-corrected chi connectivity index (χ1v) is 14.5. The van der Waals surface area contributed by atoms with Gasteiger partial charge in [0.25, 0.3) is 0 Å². The Morgan fingerprint density at radius 2 is 1.85 bits per heavy atom. The zero-order chi connectivity index (χ0) is 29.1. The van der Waals surface area contributed by atoms with Crippen molar-refractivity contribution in [3.05, 3.63) is 47.8 Å². The maximum absolute atomic E-state index is 12.3. The van der Waals surface area contributed by atoms with E-state index in [1.807, 2.05) is 47.0 Å². The van der Waals surface area contributed by atoms with Crippen LogP contribution in [0.25, 0.3) is 23.2 Å². The van der Waals surface area contributed by atoms with E-state index in [0.717, 1.165) is 65.7 Å². The van der Waals surface area contributed by atoms with Crippen LogP contribution in [0, 0.1) is 0 Å². The fourth-order valence-corrected chi connectivity index (χ4v) is 5.31. The molecule has 2 aliphatic heterocycles. The number of aliphatic hydroxyl groups is 1. The van der Waals surface area contributed by atoms with E-state index in [1.165, 1.54) is 12.8 Å². The number of aromatic nitrogens is 2. The summed E-state index contributed by atoms with van der Waals surface area (Å²) in [6, 6.07) is 12.4. The molecular formula is C32H42N6O3. The molecule has 1 fully saturated rings. The highest BCUT2D eigenvalue weighted by molar-refractivity contribution is 6.01. The summed E-state index contributed by atoms with van der Waals surface area (Å²) in [5.74, 6) is 0.578. The lowest BCUT2D eigenvalue weighted by Gasteiger charge is -2.24. The van der Waals surface area contributed by atoms with Crippen LogP contribution in [-0.4, -0.2) is 76.8 Å². The normalized spacial score (nSPS) is 17.5. The van der Waals surface area contributed by atoms with E-state index in [2.05, 4.69) is 56.1 Å². The van der Waals surface area contributed by atoms with Gasteiger partial charge in [-0.15, -0.1) is 0 Å². The smallest absolute Gasteiger partial charge is 0.306 e. The molecule has 2 N–H and O–H groups in total. The van der Waals surface area contributed by atoms with E-state index in [-0.39, 0.29) is 12.4 Å². The van der Waals surface area contributed by atoms with Gasteiger partial charge in [0.05, 0.1) is 34.5 Å². The molecule has 3 heterocycles. The molecule has 1 unspecified atom stereocenters. The Labute approximate surface area is 242 Å². The summed E-state index contributed by atoms with van der Waals surface area (Å²) >= 11 is 0. The topological polar surface area (TPSA) is 95.2 Å². The minimum absolute atomic E-state index is 0.157. The molecule has 0 saturated carbocycles. The number of aliphatic hydroxyl groups excluding tert-OH is 1. The second-order valence-corrected chi connectivity index (χ2v) is 12.1. The van der Waals surface area contributed by atoms with Crippen LogP contribution < -0.4 is 10.2 Å². The number of hydrogen-bond donors (Lipinski definition) is 2. The van der Waals surface area contributed by atoms with Crippen molar-refractivity contribution >= 4 is 51.9 Å². The lowest BCUT2D eigenvalue weighted by Crippen LogP contribution is -2.32. The predicted octanol–water partition coefficient (Wildman–Crippen LogP) is 5.31. The van der Waals surface area contributed by atoms with Crippen LogP contribution in [0.3, 0.4) is 0 Å². The number of hydrogen-bond acceptors (Lipinski definition) is 8. The standard InChI is InChI=1S/C32H42N6O3/c1-32(2,3)41-30(39)15-13-24-31(40)35-25-20-27-28(21-26(25)33-24)38(19-18-37-16-6-7-17-37)29(34-27)14-10-22-8-11-23(12-9-22)36(4)5/h8-12,14,20-21,31,35,40H,6-7,13,15-19H2,1-5H3. The number of likely N-dealkylation sites (tertiary alicyclic amines) is 1. The summed E-state index contributed by atoms with van der Waals surface area (Å²) in [6.45, 7) is 9.59. The summed E-state index contributed by atoms with van der Waals surface area (Å²) < 4.78 is 7.69. The Hall–Kier alpha value is -3.69. The SMILES string of the molecule is CN(C)c1ccc(C=Cc2nc3cc4c(cc3n2CCN2CCCC2)N=C(CCC(=O)OC(C)(C)C)C(O)N4)cc1.